The molecule has 0 N–H and O–H groups in total. The van der Waals surface area contributed by atoms with Gasteiger partial charge in [0.1, 0.15) is 12.4 Å². The molecule has 1 amide bonds. The summed E-state index contributed by atoms with van der Waals surface area (Å²) < 4.78 is 16.6. The third-order valence-corrected chi connectivity index (χ3v) is 5.71. The molecule has 0 bridgehead atoms. The monoisotopic (exact) mass is 417 g/mol. The molecule has 31 heavy (non-hydrogen) atoms. The second kappa shape index (κ2) is 9.56. The molecule has 1 saturated heterocycles. The van der Waals surface area contributed by atoms with E-state index in [4.69, 9.17) is 14.2 Å². The van der Waals surface area contributed by atoms with Gasteiger partial charge in [-0.1, -0.05) is 42.5 Å². The van der Waals surface area contributed by atoms with E-state index in [-0.39, 0.29) is 5.91 Å². The Bertz CT molecular complexity index is 1020. The van der Waals surface area contributed by atoms with E-state index in [1.165, 1.54) is 5.56 Å². The summed E-state index contributed by atoms with van der Waals surface area (Å²) in [6, 6.07) is 23.5. The summed E-state index contributed by atoms with van der Waals surface area (Å²) in [7, 11) is 3.26. The van der Waals surface area contributed by atoms with Crippen molar-refractivity contribution in [1.29, 1.82) is 0 Å². The molecule has 4 rings (SSSR count). The second-order valence-corrected chi connectivity index (χ2v) is 7.65. The number of amides is 1. The molecular weight excluding hydrogens is 390 g/mol. The molecule has 3 aromatic carbocycles. The van der Waals surface area contributed by atoms with Crippen LogP contribution in [0.1, 0.15) is 33.8 Å². The summed E-state index contributed by atoms with van der Waals surface area (Å²) in [4.78, 5) is 15.0. The first kappa shape index (κ1) is 20.8. The summed E-state index contributed by atoms with van der Waals surface area (Å²) in [6.07, 6.45) is 0.952. The number of carbonyl (C=O) groups excluding carboxylic acids is 1. The zero-order chi connectivity index (χ0) is 21.6. The number of methoxy groups -OCH3 is 2. The van der Waals surface area contributed by atoms with Crippen LogP contribution in [0.2, 0.25) is 0 Å². The Labute approximate surface area is 183 Å². The summed E-state index contributed by atoms with van der Waals surface area (Å²) in [5, 5.41) is 0. The number of ether oxygens (including phenoxy) is 3. The van der Waals surface area contributed by atoms with E-state index < -0.39 is 0 Å². The number of likely N-dealkylation sites (tertiary alicyclic amines) is 1. The molecule has 3 aromatic rings. The Balaban J connectivity index is 1.42. The van der Waals surface area contributed by atoms with E-state index in [0.29, 0.717) is 36.1 Å². The molecule has 1 heterocycles. The molecule has 1 aliphatic rings. The van der Waals surface area contributed by atoms with Gasteiger partial charge in [-0.05, 0) is 47.9 Å². The first-order valence-electron chi connectivity index (χ1n) is 10.5. The maximum absolute atomic E-state index is 13.1. The molecule has 5 nitrogen and oxygen atoms in total. The highest BCUT2D eigenvalue weighted by molar-refractivity contribution is 5.95. The summed E-state index contributed by atoms with van der Waals surface area (Å²) >= 11 is 0. The Kier molecular flexibility index (Phi) is 6.41. The average Bonchev–Trinajstić information content (AvgIpc) is 3.33. The van der Waals surface area contributed by atoms with Crippen LogP contribution in [0.4, 0.5) is 0 Å². The highest BCUT2D eigenvalue weighted by Gasteiger charge is 2.28. The fourth-order valence-electron chi connectivity index (χ4n) is 3.93. The fraction of sp³-hybridized carbons (Fsp3) is 0.269. The molecule has 160 valence electrons. The van der Waals surface area contributed by atoms with E-state index in [9.17, 15) is 4.79 Å². The highest BCUT2D eigenvalue weighted by Crippen LogP contribution is 2.32. The highest BCUT2D eigenvalue weighted by atomic mass is 16.5. The normalized spacial score (nSPS) is 15.5. The van der Waals surface area contributed by atoms with Crippen LogP contribution < -0.4 is 14.2 Å². The van der Waals surface area contributed by atoms with Gasteiger partial charge in [-0.3, -0.25) is 4.79 Å². The number of carbonyl (C=O) groups is 1. The number of nitrogens with zero attached hydrogens (tertiary/aromatic N) is 1. The lowest BCUT2D eigenvalue weighted by atomic mass is 9.98. The van der Waals surface area contributed by atoms with Crippen molar-refractivity contribution in [2.75, 3.05) is 27.3 Å². The van der Waals surface area contributed by atoms with Gasteiger partial charge in [-0.15, -0.1) is 0 Å². The zero-order valence-electron chi connectivity index (χ0n) is 17.9. The maximum Gasteiger partial charge on any atom is 0.254 e. The van der Waals surface area contributed by atoms with Gasteiger partial charge in [-0.2, -0.15) is 0 Å². The van der Waals surface area contributed by atoms with Gasteiger partial charge < -0.3 is 19.1 Å². The van der Waals surface area contributed by atoms with Gasteiger partial charge in [-0.25, -0.2) is 0 Å². The molecule has 0 aliphatic carbocycles. The molecular formula is C26H27NO4. The molecule has 1 aliphatic heterocycles. The lowest BCUT2D eigenvalue weighted by Gasteiger charge is -2.18. The third-order valence-electron chi connectivity index (χ3n) is 5.71. The van der Waals surface area contributed by atoms with Crippen molar-refractivity contribution in [3.8, 4) is 17.2 Å². The number of hydrogen-bond donors (Lipinski definition) is 0. The quantitative estimate of drug-likeness (QED) is 0.548. The molecule has 0 spiro atoms. The van der Waals surface area contributed by atoms with Gasteiger partial charge >= 0.3 is 0 Å². The number of rotatable bonds is 7. The minimum Gasteiger partial charge on any atom is -0.497 e. The Morgan fingerprint density at radius 2 is 1.71 bits per heavy atom. The van der Waals surface area contributed by atoms with Crippen LogP contribution in [0.25, 0.3) is 0 Å². The van der Waals surface area contributed by atoms with E-state index in [2.05, 4.69) is 12.1 Å². The van der Waals surface area contributed by atoms with Crippen molar-refractivity contribution >= 4 is 5.91 Å². The van der Waals surface area contributed by atoms with E-state index in [1.54, 1.807) is 20.3 Å². The van der Waals surface area contributed by atoms with Crippen LogP contribution in [0.15, 0.2) is 72.8 Å². The molecule has 0 aromatic heterocycles. The first-order valence-corrected chi connectivity index (χ1v) is 10.5. The van der Waals surface area contributed by atoms with Gasteiger partial charge in [0.25, 0.3) is 5.91 Å². The molecule has 0 saturated carbocycles. The Hall–Kier alpha value is -3.47. The standard InChI is InChI=1S/C26H27NO4/c1-29-23-11-8-20(9-12-23)22-14-15-27(17-22)26(28)21-10-13-24(25(16-21)30-2)31-18-19-6-4-3-5-7-19/h3-13,16,22H,14-15,17-18H2,1-2H3. The zero-order valence-corrected chi connectivity index (χ0v) is 17.9. The van der Waals surface area contributed by atoms with Gasteiger partial charge in [0.15, 0.2) is 11.5 Å². The van der Waals surface area contributed by atoms with Crippen LogP contribution in [0, 0.1) is 0 Å². The van der Waals surface area contributed by atoms with Gasteiger partial charge in [0.05, 0.1) is 14.2 Å². The van der Waals surface area contributed by atoms with Crippen molar-refractivity contribution in [3.63, 3.8) is 0 Å². The van der Waals surface area contributed by atoms with Crippen LogP contribution in [-0.2, 0) is 6.61 Å². The molecule has 1 fully saturated rings. The van der Waals surface area contributed by atoms with Crippen molar-refractivity contribution in [2.45, 2.75) is 18.9 Å². The third kappa shape index (κ3) is 4.82. The lowest BCUT2D eigenvalue weighted by Crippen LogP contribution is -2.28. The average molecular weight is 418 g/mol. The van der Waals surface area contributed by atoms with Crippen LogP contribution in [-0.4, -0.2) is 38.1 Å². The maximum atomic E-state index is 13.1. The molecule has 1 atom stereocenters. The minimum absolute atomic E-state index is 0.0175. The van der Waals surface area contributed by atoms with E-state index in [0.717, 1.165) is 24.3 Å². The fourth-order valence-corrected chi connectivity index (χ4v) is 3.93. The molecule has 1 unspecified atom stereocenters. The number of benzene rings is 3. The second-order valence-electron chi connectivity index (χ2n) is 7.65. The predicted molar refractivity (Wildman–Crippen MR) is 120 cm³/mol. The molecule has 0 radical (unpaired) electrons. The van der Waals surface area contributed by atoms with Crippen molar-refractivity contribution in [3.05, 3.63) is 89.5 Å². The van der Waals surface area contributed by atoms with Crippen molar-refractivity contribution in [2.24, 2.45) is 0 Å². The topological polar surface area (TPSA) is 48.0 Å². The lowest BCUT2D eigenvalue weighted by molar-refractivity contribution is 0.0790. The van der Waals surface area contributed by atoms with Crippen LogP contribution in [0.3, 0.4) is 0 Å². The Morgan fingerprint density at radius 1 is 0.935 bits per heavy atom. The van der Waals surface area contributed by atoms with Gasteiger partial charge in [0.2, 0.25) is 0 Å². The summed E-state index contributed by atoms with van der Waals surface area (Å²) in [5.74, 6) is 2.39. The minimum atomic E-state index is 0.0175. The van der Waals surface area contributed by atoms with Gasteiger partial charge in [0, 0.05) is 24.6 Å². The van der Waals surface area contributed by atoms with Crippen LogP contribution in [0.5, 0.6) is 17.2 Å². The van der Waals surface area contributed by atoms with Crippen LogP contribution >= 0.6 is 0 Å². The largest absolute Gasteiger partial charge is 0.497 e. The van der Waals surface area contributed by atoms with Crippen molar-refractivity contribution in [1.82, 2.24) is 4.90 Å². The smallest absolute Gasteiger partial charge is 0.254 e. The van der Waals surface area contributed by atoms with Crippen molar-refractivity contribution < 1.29 is 19.0 Å². The predicted octanol–water partition coefficient (Wildman–Crippen LogP) is 4.91. The van der Waals surface area contributed by atoms with E-state index >= 15 is 0 Å². The van der Waals surface area contributed by atoms with E-state index in [1.807, 2.05) is 59.5 Å². The SMILES string of the molecule is COc1ccc(C2CCN(C(=O)c3ccc(OCc4ccccc4)c(OC)c3)C2)cc1. The molecule has 5 heteroatoms. The Morgan fingerprint density at radius 3 is 2.42 bits per heavy atom. The first-order chi connectivity index (χ1) is 15.2. The number of hydrogen-bond acceptors (Lipinski definition) is 4. The summed E-state index contributed by atoms with van der Waals surface area (Å²) in [6.45, 7) is 1.89. The summed E-state index contributed by atoms with van der Waals surface area (Å²) in [5.41, 5.74) is 2.92.